The molecule has 2 fully saturated rings. The van der Waals surface area contributed by atoms with Gasteiger partial charge in [-0.25, -0.2) is 0 Å². The molecule has 164 valence electrons. The van der Waals surface area contributed by atoms with Crippen molar-refractivity contribution >= 4 is 53.5 Å². The maximum atomic E-state index is 12.8. The maximum absolute atomic E-state index is 12.8. The summed E-state index contributed by atoms with van der Waals surface area (Å²) in [6.07, 6.45) is 9.69. The van der Waals surface area contributed by atoms with Crippen LogP contribution in [0.2, 0.25) is 0 Å². The Balaban J connectivity index is 0.00000256. The summed E-state index contributed by atoms with van der Waals surface area (Å²) >= 11 is 1.74. The van der Waals surface area contributed by atoms with Crippen molar-refractivity contribution in [3.63, 3.8) is 0 Å². The Kier molecular flexibility index (Phi) is 8.27. The van der Waals surface area contributed by atoms with Gasteiger partial charge in [0.05, 0.1) is 24.6 Å². The quantitative estimate of drug-likeness (QED) is 0.124. The van der Waals surface area contributed by atoms with E-state index in [-0.39, 0.29) is 59.5 Å². The predicted molar refractivity (Wildman–Crippen MR) is 129 cm³/mol. The van der Waals surface area contributed by atoms with E-state index in [1.807, 2.05) is 12.1 Å². The highest BCUT2D eigenvalue weighted by atomic mass is 127. The van der Waals surface area contributed by atoms with E-state index in [2.05, 4.69) is 34.0 Å². The number of thioether (sulfide) groups is 1. The van der Waals surface area contributed by atoms with Gasteiger partial charge in [-0.05, 0) is 36.6 Å². The zero-order chi connectivity index (χ0) is 20.2. The van der Waals surface area contributed by atoms with E-state index in [0.29, 0.717) is 32.1 Å². The third-order valence-electron chi connectivity index (χ3n) is 6.00. The normalized spacial score (nSPS) is 26.8. The fraction of sp³-hybridized carbons (Fsp3) is 0.571. The lowest BCUT2D eigenvalue weighted by Gasteiger charge is -2.19. The van der Waals surface area contributed by atoms with Crippen LogP contribution in [0.4, 0.5) is 0 Å². The lowest BCUT2D eigenvalue weighted by atomic mass is 9.85. The second-order valence-corrected chi connectivity index (χ2v) is 8.72. The van der Waals surface area contributed by atoms with Crippen molar-refractivity contribution in [3.05, 3.63) is 36.3 Å². The molecular formula is C21H29IN4O3S. The Bertz CT molecular complexity index is 768. The van der Waals surface area contributed by atoms with Crippen molar-refractivity contribution in [2.45, 2.75) is 12.8 Å². The molecule has 2 N–H and O–H groups in total. The molecular weight excluding hydrogens is 515 g/mol. The number of nitrogens with one attached hydrogen (secondary N) is 2. The summed E-state index contributed by atoms with van der Waals surface area (Å²) < 4.78 is 5.35. The molecule has 30 heavy (non-hydrogen) atoms. The van der Waals surface area contributed by atoms with Gasteiger partial charge in [-0.2, -0.15) is 11.8 Å². The number of hydrogen-bond acceptors (Lipinski definition) is 5. The van der Waals surface area contributed by atoms with Crippen LogP contribution in [-0.4, -0.2) is 60.9 Å². The highest BCUT2D eigenvalue weighted by molar-refractivity contribution is 14.0. The van der Waals surface area contributed by atoms with Gasteiger partial charge in [-0.15, -0.1) is 24.0 Å². The molecule has 1 aliphatic heterocycles. The first-order valence-corrected chi connectivity index (χ1v) is 11.7. The average Bonchev–Trinajstić information content (AvgIpc) is 3.49. The lowest BCUT2D eigenvalue weighted by molar-refractivity contribution is -0.140. The zero-order valence-electron chi connectivity index (χ0n) is 17.1. The standard InChI is InChI=1S/C21H28N4O3S.HI/c1-29-12-9-24-21(22-7-6-16-3-2-11-28-16)23-8-10-25-19(26)17-14-4-5-15(13-14)18(17)20(25)27;/h2-5,11,14-15,17-18H,6-10,12-13H2,1H3,(H2,22,23,24);1H. The van der Waals surface area contributed by atoms with Crippen LogP contribution in [0.3, 0.4) is 0 Å². The molecule has 1 aromatic heterocycles. The monoisotopic (exact) mass is 544 g/mol. The van der Waals surface area contributed by atoms with Gasteiger partial charge in [0.2, 0.25) is 11.8 Å². The van der Waals surface area contributed by atoms with Crippen molar-refractivity contribution < 1.29 is 14.0 Å². The smallest absolute Gasteiger partial charge is 0.233 e. The molecule has 1 saturated heterocycles. The molecule has 2 bridgehead atoms. The van der Waals surface area contributed by atoms with Crippen LogP contribution in [0, 0.1) is 23.7 Å². The van der Waals surface area contributed by atoms with E-state index in [9.17, 15) is 9.59 Å². The van der Waals surface area contributed by atoms with E-state index in [1.165, 1.54) is 4.90 Å². The topological polar surface area (TPSA) is 86.9 Å². The number of amides is 2. The first kappa shape index (κ1) is 23.2. The molecule has 7 nitrogen and oxygen atoms in total. The molecule has 9 heteroatoms. The highest BCUT2D eigenvalue weighted by Crippen LogP contribution is 2.52. The van der Waals surface area contributed by atoms with Crippen molar-refractivity contribution in [1.29, 1.82) is 0 Å². The van der Waals surface area contributed by atoms with E-state index >= 15 is 0 Å². The van der Waals surface area contributed by atoms with Gasteiger partial charge in [0.25, 0.3) is 0 Å². The highest BCUT2D eigenvalue weighted by Gasteiger charge is 2.58. The van der Waals surface area contributed by atoms with Crippen LogP contribution in [0.1, 0.15) is 12.2 Å². The van der Waals surface area contributed by atoms with Crippen LogP contribution >= 0.6 is 35.7 Å². The SMILES string of the molecule is CSCCN=C(NCCc1ccco1)NCCN1C(=O)C2C3C=CC(C3)C2C1=O.I. The lowest BCUT2D eigenvalue weighted by Crippen LogP contribution is -2.44. The average molecular weight is 544 g/mol. The summed E-state index contributed by atoms with van der Waals surface area (Å²) in [5.74, 6) is 2.83. The fourth-order valence-corrected chi connectivity index (χ4v) is 4.93. The number of guanidine groups is 1. The van der Waals surface area contributed by atoms with E-state index in [0.717, 1.165) is 24.4 Å². The maximum Gasteiger partial charge on any atom is 0.233 e. The van der Waals surface area contributed by atoms with E-state index in [4.69, 9.17) is 4.42 Å². The summed E-state index contributed by atoms with van der Waals surface area (Å²) in [7, 11) is 0. The Morgan fingerprint density at radius 3 is 2.53 bits per heavy atom. The van der Waals surface area contributed by atoms with Gasteiger partial charge in [0.15, 0.2) is 5.96 Å². The van der Waals surface area contributed by atoms with Gasteiger partial charge < -0.3 is 15.1 Å². The summed E-state index contributed by atoms with van der Waals surface area (Å²) in [5.41, 5.74) is 0. The van der Waals surface area contributed by atoms with Gasteiger partial charge >= 0.3 is 0 Å². The summed E-state index contributed by atoms with van der Waals surface area (Å²) in [6, 6.07) is 3.82. The third kappa shape index (κ3) is 4.87. The third-order valence-corrected chi connectivity index (χ3v) is 6.59. The van der Waals surface area contributed by atoms with E-state index < -0.39 is 0 Å². The predicted octanol–water partition coefficient (Wildman–Crippen LogP) is 2.15. The number of fused-ring (bicyclic) bond motifs is 5. The second kappa shape index (κ2) is 10.7. The number of allylic oxidation sites excluding steroid dienone is 2. The minimum atomic E-state index is -0.126. The summed E-state index contributed by atoms with van der Waals surface area (Å²) in [5, 5.41) is 6.57. The summed E-state index contributed by atoms with van der Waals surface area (Å²) in [4.78, 5) is 31.5. The number of rotatable bonds is 9. The van der Waals surface area contributed by atoms with Crippen LogP contribution < -0.4 is 10.6 Å². The van der Waals surface area contributed by atoms with Crippen molar-refractivity contribution in [3.8, 4) is 0 Å². The molecule has 0 radical (unpaired) electrons. The number of halogens is 1. The molecule has 0 spiro atoms. The number of likely N-dealkylation sites (tertiary alicyclic amines) is 1. The summed E-state index contributed by atoms with van der Waals surface area (Å²) in [6.45, 7) is 2.27. The Labute approximate surface area is 198 Å². The fourth-order valence-electron chi connectivity index (χ4n) is 4.65. The molecule has 1 saturated carbocycles. The van der Waals surface area contributed by atoms with Gasteiger partial charge in [-0.3, -0.25) is 19.5 Å². The van der Waals surface area contributed by atoms with Gasteiger partial charge in [0, 0.05) is 31.8 Å². The Morgan fingerprint density at radius 1 is 1.20 bits per heavy atom. The molecule has 2 aliphatic carbocycles. The molecule has 2 heterocycles. The van der Waals surface area contributed by atoms with Crippen LogP contribution in [0.15, 0.2) is 40.0 Å². The number of imide groups is 1. The number of nitrogens with zero attached hydrogens (tertiary/aromatic N) is 2. The first-order chi connectivity index (χ1) is 14.2. The number of carbonyl (C=O) groups is 2. The number of hydrogen-bond donors (Lipinski definition) is 2. The number of furan rings is 1. The Hall–Kier alpha value is -1.49. The minimum Gasteiger partial charge on any atom is -0.469 e. The molecule has 3 aliphatic rings. The van der Waals surface area contributed by atoms with Crippen molar-refractivity contribution in [1.82, 2.24) is 15.5 Å². The molecule has 4 rings (SSSR count). The van der Waals surface area contributed by atoms with Gasteiger partial charge in [-0.1, -0.05) is 12.2 Å². The molecule has 1 aromatic rings. The van der Waals surface area contributed by atoms with Crippen molar-refractivity contribution in [2.24, 2.45) is 28.7 Å². The Morgan fingerprint density at radius 2 is 1.90 bits per heavy atom. The molecule has 0 aromatic carbocycles. The molecule has 4 unspecified atom stereocenters. The van der Waals surface area contributed by atoms with Crippen molar-refractivity contribution in [2.75, 3.05) is 38.2 Å². The minimum absolute atomic E-state index is 0. The van der Waals surface area contributed by atoms with Crippen LogP contribution in [-0.2, 0) is 16.0 Å². The molecule has 2 amide bonds. The van der Waals surface area contributed by atoms with E-state index in [1.54, 1.807) is 18.0 Å². The zero-order valence-corrected chi connectivity index (χ0v) is 20.2. The number of aliphatic imine (C=N–C) groups is 1. The number of carbonyl (C=O) groups excluding carboxylic acids is 2. The first-order valence-electron chi connectivity index (χ1n) is 10.3. The largest absolute Gasteiger partial charge is 0.469 e. The van der Waals surface area contributed by atoms with Gasteiger partial charge in [0.1, 0.15) is 5.76 Å². The molecule has 4 atom stereocenters. The second-order valence-electron chi connectivity index (χ2n) is 7.73. The van der Waals surface area contributed by atoms with Crippen LogP contribution in [0.5, 0.6) is 0 Å². The van der Waals surface area contributed by atoms with Crippen LogP contribution in [0.25, 0.3) is 0 Å².